The third-order valence-corrected chi connectivity index (χ3v) is 4.09. The number of likely N-dealkylation sites (N-methyl/N-ethyl adjacent to an activating group) is 1. The molecular formula is C13H16ClNO. The van der Waals surface area contributed by atoms with E-state index in [1.165, 1.54) is 5.56 Å². The third kappa shape index (κ3) is 1.65. The minimum absolute atomic E-state index is 0.570. The summed E-state index contributed by atoms with van der Waals surface area (Å²) in [6.45, 7) is 2.17. The molecule has 3 heteroatoms. The van der Waals surface area contributed by atoms with Crippen LogP contribution >= 0.6 is 11.6 Å². The van der Waals surface area contributed by atoms with Gasteiger partial charge in [-0.1, -0.05) is 23.7 Å². The van der Waals surface area contributed by atoms with Crippen LogP contribution in [0.4, 0.5) is 0 Å². The Morgan fingerprint density at radius 3 is 2.56 bits per heavy atom. The molecule has 2 fully saturated rings. The van der Waals surface area contributed by atoms with Crippen LogP contribution < -0.4 is 0 Å². The quantitative estimate of drug-likeness (QED) is 0.854. The summed E-state index contributed by atoms with van der Waals surface area (Å²) in [4.78, 5) is 2.28. The maximum absolute atomic E-state index is 10.0. The first-order chi connectivity index (χ1) is 7.58. The van der Waals surface area contributed by atoms with Crippen molar-refractivity contribution in [2.24, 2.45) is 0 Å². The standard InChI is InChI=1S/C13H16ClNO/c1-15-7-9(8-15)11-3-2-10(6-12(11)14)13(16)4-5-13/h2-3,6,9,16H,4-5,7-8H2,1H3. The molecule has 0 aromatic heterocycles. The van der Waals surface area contributed by atoms with Crippen LogP contribution in [0.15, 0.2) is 18.2 Å². The van der Waals surface area contributed by atoms with Crippen molar-refractivity contribution in [1.82, 2.24) is 4.90 Å². The van der Waals surface area contributed by atoms with Gasteiger partial charge in [0.1, 0.15) is 0 Å². The number of benzene rings is 1. The lowest BCUT2D eigenvalue weighted by atomic mass is 9.90. The van der Waals surface area contributed by atoms with Gasteiger partial charge in [0.2, 0.25) is 0 Å². The monoisotopic (exact) mass is 237 g/mol. The zero-order valence-electron chi connectivity index (χ0n) is 9.41. The van der Waals surface area contributed by atoms with Crippen molar-refractivity contribution in [3.8, 4) is 0 Å². The van der Waals surface area contributed by atoms with Gasteiger partial charge in [-0.15, -0.1) is 0 Å². The molecule has 2 nitrogen and oxygen atoms in total. The summed E-state index contributed by atoms with van der Waals surface area (Å²) in [6.07, 6.45) is 1.74. The average Bonchev–Trinajstić information content (AvgIpc) is 2.94. The lowest BCUT2D eigenvalue weighted by Gasteiger charge is -2.37. The summed E-state index contributed by atoms with van der Waals surface area (Å²) in [5.74, 6) is 0.570. The predicted molar refractivity (Wildman–Crippen MR) is 64.8 cm³/mol. The number of rotatable bonds is 2. The van der Waals surface area contributed by atoms with Crippen molar-refractivity contribution in [2.75, 3.05) is 20.1 Å². The largest absolute Gasteiger partial charge is 0.385 e. The highest BCUT2D eigenvalue weighted by atomic mass is 35.5. The number of nitrogens with zero attached hydrogens (tertiary/aromatic N) is 1. The molecule has 1 aliphatic carbocycles. The molecule has 2 aliphatic rings. The molecule has 0 atom stereocenters. The second kappa shape index (κ2) is 3.46. The van der Waals surface area contributed by atoms with Crippen LogP contribution in [0.5, 0.6) is 0 Å². The van der Waals surface area contributed by atoms with Crippen LogP contribution in [0.2, 0.25) is 5.02 Å². The van der Waals surface area contributed by atoms with E-state index in [-0.39, 0.29) is 0 Å². The van der Waals surface area contributed by atoms with Gasteiger partial charge in [0.15, 0.2) is 0 Å². The van der Waals surface area contributed by atoms with Gasteiger partial charge in [0.25, 0.3) is 0 Å². The van der Waals surface area contributed by atoms with E-state index in [9.17, 15) is 5.11 Å². The molecular weight excluding hydrogens is 222 g/mol. The molecule has 1 saturated heterocycles. The lowest BCUT2D eigenvalue weighted by Crippen LogP contribution is -2.41. The summed E-state index contributed by atoms with van der Waals surface area (Å²) in [5.41, 5.74) is 1.64. The van der Waals surface area contributed by atoms with E-state index < -0.39 is 5.60 Å². The summed E-state index contributed by atoms with van der Waals surface area (Å²) in [6, 6.07) is 6.07. The Kier molecular flexibility index (Phi) is 2.29. The fourth-order valence-electron chi connectivity index (χ4n) is 2.45. The highest BCUT2D eigenvalue weighted by Gasteiger charge is 2.42. The van der Waals surface area contributed by atoms with Crippen molar-refractivity contribution < 1.29 is 5.11 Å². The number of likely N-dealkylation sites (tertiary alicyclic amines) is 1. The van der Waals surface area contributed by atoms with E-state index in [1.54, 1.807) is 0 Å². The Hall–Kier alpha value is -0.570. The van der Waals surface area contributed by atoms with Gasteiger partial charge in [0, 0.05) is 24.0 Å². The Labute approximate surface area is 101 Å². The molecule has 1 heterocycles. The zero-order chi connectivity index (χ0) is 11.3. The van der Waals surface area contributed by atoms with Gasteiger partial charge >= 0.3 is 0 Å². The molecule has 1 aliphatic heterocycles. The summed E-state index contributed by atoms with van der Waals surface area (Å²) in [5, 5.41) is 10.8. The van der Waals surface area contributed by atoms with Crippen molar-refractivity contribution in [1.29, 1.82) is 0 Å². The molecule has 1 N–H and O–H groups in total. The Morgan fingerprint density at radius 1 is 1.38 bits per heavy atom. The summed E-state index contributed by atoms with van der Waals surface area (Å²) >= 11 is 6.29. The van der Waals surface area contributed by atoms with E-state index in [0.717, 1.165) is 36.5 Å². The smallest absolute Gasteiger partial charge is 0.0899 e. The van der Waals surface area contributed by atoms with E-state index in [4.69, 9.17) is 11.6 Å². The predicted octanol–water partition coefficient (Wildman–Crippen LogP) is 2.35. The molecule has 16 heavy (non-hydrogen) atoms. The van der Waals surface area contributed by atoms with E-state index >= 15 is 0 Å². The van der Waals surface area contributed by atoms with Crippen LogP contribution in [-0.4, -0.2) is 30.1 Å². The van der Waals surface area contributed by atoms with Gasteiger partial charge in [0.05, 0.1) is 5.60 Å². The molecule has 3 rings (SSSR count). The fraction of sp³-hybridized carbons (Fsp3) is 0.538. The van der Waals surface area contributed by atoms with Crippen LogP contribution in [-0.2, 0) is 5.60 Å². The SMILES string of the molecule is CN1CC(c2ccc(C3(O)CC3)cc2Cl)C1. The first-order valence-corrected chi connectivity index (χ1v) is 6.17. The first-order valence-electron chi connectivity index (χ1n) is 5.79. The fourth-order valence-corrected chi connectivity index (χ4v) is 2.79. The van der Waals surface area contributed by atoms with E-state index in [1.807, 2.05) is 12.1 Å². The third-order valence-electron chi connectivity index (χ3n) is 3.77. The molecule has 1 aromatic rings. The van der Waals surface area contributed by atoms with Gasteiger partial charge in [-0.05, 0) is 37.1 Å². The van der Waals surface area contributed by atoms with Gasteiger partial charge in [-0.25, -0.2) is 0 Å². The molecule has 1 aromatic carbocycles. The normalized spacial score (nSPS) is 24.2. The molecule has 0 radical (unpaired) electrons. The topological polar surface area (TPSA) is 23.5 Å². The maximum Gasteiger partial charge on any atom is 0.0899 e. The highest BCUT2D eigenvalue weighted by Crippen LogP contribution is 2.46. The van der Waals surface area contributed by atoms with Gasteiger partial charge in [-0.3, -0.25) is 0 Å². The number of aliphatic hydroxyl groups is 1. The number of hydrogen-bond donors (Lipinski definition) is 1. The summed E-state index contributed by atoms with van der Waals surface area (Å²) in [7, 11) is 2.12. The number of hydrogen-bond acceptors (Lipinski definition) is 2. The van der Waals surface area contributed by atoms with Gasteiger partial charge < -0.3 is 10.0 Å². The van der Waals surface area contributed by atoms with Crippen molar-refractivity contribution in [2.45, 2.75) is 24.4 Å². The molecule has 0 amide bonds. The first kappa shape index (κ1) is 10.6. The second-order valence-electron chi connectivity index (χ2n) is 5.19. The highest BCUT2D eigenvalue weighted by molar-refractivity contribution is 6.31. The van der Waals surface area contributed by atoms with E-state index in [0.29, 0.717) is 5.92 Å². The second-order valence-corrected chi connectivity index (χ2v) is 5.59. The molecule has 0 unspecified atom stereocenters. The Bertz CT molecular complexity index is 422. The Balaban J connectivity index is 1.86. The van der Waals surface area contributed by atoms with Crippen molar-refractivity contribution in [3.63, 3.8) is 0 Å². The average molecular weight is 238 g/mol. The Morgan fingerprint density at radius 2 is 2.06 bits per heavy atom. The molecule has 0 spiro atoms. The van der Waals surface area contributed by atoms with Crippen molar-refractivity contribution in [3.05, 3.63) is 34.3 Å². The van der Waals surface area contributed by atoms with Crippen molar-refractivity contribution >= 4 is 11.6 Å². The van der Waals surface area contributed by atoms with Crippen LogP contribution in [0.1, 0.15) is 29.9 Å². The van der Waals surface area contributed by atoms with Crippen LogP contribution in [0.3, 0.4) is 0 Å². The van der Waals surface area contributed by atoms with Gasteiger partial charge in [-0.2, -0.15) is 0 Å². The molecule has 1 saturated carbocycles. The van der Waals surface area contributed by atoms with Crippen LogP contribution in [0.25, 0.3) is 0 Å². The maximum atomic E-state index is 10.0. The zero-order valence-corrected chi connectivity index (χ0v) is 10.2. The van der Waals surface area contributed by atoms with E-state index in [2.05, 4.69) is 18.0 Å². The molecule has 0 bridgehead atoms. The number of halogens is 1. The van der Waals surface area contributed by atoms with Crippen LogP contribution in [0, 0.1) is 0 Å². The summed E-state index contributed by atoms with van der Waals surface area (Å²) < 4.78 is 0. The minimum atomic E-state index is -0.571. The minimum Gasteiger partial charge on any atom is -0.385 e. The molecule has 86 valence electrons. The lowest BCUT2D eigenvalue weighted by molar-refractivity contribution is 0.151.